The average Bonchev–Trinajstić information content (AvgIpc) is 3.10. The third-order valence-electron chi connectivity index (χ3n) is 5.69. The number of nitrogens with zero attached hydrogens (tertiary/aromatic N) is 2. The number of hydrogen-bond acceptors (Lipinski definition) is 6. The van der Waals surface area contributed by atoms with Crippen molar-refractivity contribution >= 4 is 17.2 Å². The van der Waals surface area contributed by atoms with Crippen LogP contribution in [0.1, 0.15) is 68.9 Å². The van der Waals surface area contributed by atoms with Crippen molar-refractivity contribution in [1.29, 1.82) is 0 Å². The zero-order valence-electron chi connectivity index (χ0n) is 16.5. The van der Waals surface area contributed by atoms with E-state index in [1.165, 1.54) is 23.4 Å². The second kappa shape index (κ2) is 8.17. The number of amides is 1. The first-order chi connectivity index (χ1) is 13.5. The zero-order chi connectivity index (χ0) is 19.7. The molecule has 1 saturated heterocycles. The van der Waals surface area contributed by atoms with Crippen LogP contribution in [-0.2, 0) is 19.4 Å². The lowest BCUT2D eigenvalue weighted by molar-refractivity contribution is 0.0779. The summed E-state index contributed by atoms with van der Waals surface area (Å²) in [5.74, 6) is 0.581. The molecule has 1 atom stereocenters. The van der Waals surface area contributed by atoms with Crippen molar-refractivity contribution in [2.75, 3.05) is 20.1 Å². The summed E-state index contributed by atoms with van der Waals surface area (Å²) in [6.07, 6.45) is 6.58. The fourth-order valence-corrected chi connectivity index (χ4v) is 5.33. The number of rotatable bonds is 4. The van der Waals surface area contributed by atoms with Gasteiger partial charge >= 0.3 is 5.63 Å². The van der Waals surface area contributed by atoms with Gasteiger partial charge in [-0.1, -0.05) is 0 Å². The number of hydrogen-bond donors (Lipinski definition) is 1. The number of carbonyl (C=O) groups excluding carboxylic acids is 1. The van der Waals surface area contributed by atoms with E-state index in [-0.39, 0.29) is 17.4 Å². The van der Waals surface area contributed by atoms with Gasteiger partial charge < -0.3 is 14.6 Å². The van der Waals surface area contributed by atoms with Crippen LogP contribution in [0.4, 0.5) is 0 Å². The predicted molar refractivity (Wildman–Crippen MR) is 109 cm³/mol. The van der Waals surface area contributed by atoms with Crippen LogP contribution in [0.2, 0.25) is 0 Å². The van der Waals surface area contributed by atoms with E-state index in [4.69, 9.17) is 9.40 Å². The molecule has 1 unspecified atom stereocenters. The standard InChI is InChI=1S/C21H27N3O3S/c1-13-10-16(14-6-5-9-22-11-14)27-21(26)19(13)20(25)24(2)12-18-23-15-7-3-4-8-17(15)28-18/h10,14,22H,3-9,11-12H2,1-2H3. The SMILES string of the molecule is Cc1cc(C2CCCNC2)oc(=O)c1C(=O)N(C)Cc1nc2c(s1)CCCC2. The molecular formula is C21H27N3O3S. The first-order valence-corrected chi connectivity index (χ1v) is 10.9. The molecule has 4 rings (SSSR count). The Morgan fingerprint density at radius 2 is 2.18 bits per heavy atom. The third-order valence-corrected chi connectivity index (χ3v) is 6.83. The molecule has 6 nitrogen and oxygen atoms in total. The van der Waals surface area contributed by atoms with Crippen molar-refractivity contribution in [3.8, 4) is 0 Å². The quantitative estimate of drug-likeness (QED) is 0.852. The Bertz CT molecular complexity index is 904. The molecule has 1 amide bonds. The number of aromatic nitrogens is 1. The Hall–Kier alpha value is -1.99. The van der Waals surface area contributed by atoms with Crippen LogP contribution in [0.5, 0.6) is 0 Å². The van der Waals surface area contributed by atoms with Crippen molar-refractivity contribution in [2.45, 2.75) is 57.9 Å². The van der Waals surface area contributed by atoms with Crippen LogP contribution in [0.15, 0.2) is 15.3 Å². The van der Waals surface area contributed by atoms with Crippen molar-refractivity contribution in [1.82, 2.24) is 15.2 Å². The largest absolute Gasteiger partial charge is 0.427 e. The molecule has 0 radical (unpaired) electrons. The lowest BCUT2D eigenvalue weighted by atomic mass is 9.95. The number of aryl methyl sites for hydroxylation is 3. The molecule has 1 aliphatic heterocycles. The maximum atomic E-state index is 13.0. The van der Waals surface area contributed by atoms with Gasteiger partial charge in [0.15, 0.2) is 0 Å². The highest BCUT2D eigenvalue weighted by molar-refractivity contribution is 7.11. The van der Waals surface area contributed by atoms with Gasteiger partial charge in [-0.15, -0.1) is 11.3 Å². The van der Waals surface area contributed by atoms with Gasteiger partial charge in [0.05, 0.1) is 12.2 Å². The average molecular weight is 402 g/mol. The van der Waals surface area contributed by atoms with Crippen LogP contribution in [0.3, 0.4) is 0 Å². The summed E-state index contributed by atoms with van der Waals surface area (Å²) in [4.78, 5) is 33.2. The lowest BCUT2D eigenvalue weighted by Gasteiger charge is -2.22. The first-order valence-electron chi connectivity index (χ1n) is 10.1. The van der Waals surface area contributed by atoms with E-state index in [9.17, 15) is 9.59 Å². The van der Waals surface area contributed by atoms with Crippen LogP contribution >= 0.6 is 11.3 Å². The second-order valence-electron chi connectivity index (χ2n) is 7.88. The van der Waals surface area contributed by atoms with E-state index >= 15 is 0 Å². The topological polar surface area (TPSA) is 75.4 Å². The third kappa shape index (κ3) is 3.91. The van der Waals surface area contributed by atoms with Crippen LogP contribution in [-0.4, -0.2) is 35.9 Å². The summed E-state index contributed by atoms with van der Waals surface area (Å²) in [7, 11) is 1.72. The number of nitrogens with one attached hydrogen (secondary N) is 1. The summed E-state index contributed by atoms with van der Waals surface area (Å²) < 4.78 is 5.56. The monoisotopic (exact) mass is 401 g/mol. The minimum absolute atomic E-state index is 0.135. The van der Waals surface area contributed by atoms with Gasteiger partial charge in [0, 0.05) is 24.4 Å². The van der Waals surface area contributed by atoms with Gasteiger partial charge in [-0.25, -0.2) is 9.78 Å². The second-order valence-corrected chi connectivity index (χ2v) is 9.05. The molecule has 1 fully saturated rings. The van der Waals surface area contributed by atoms with E-state index < -0.39 is 5.63 Å². The zero-order valence-corrected chi connectivity index (χ0v) is 17.4. The van der Waals surface area contributed by atoms with E-state index in [0.29, 0.717) is 17.9 Å². The Balaban J connectivity index is 1.52. The molecule has 150 valence electrons. The van der Waals surface area contributed by atoms with Gasteiger partial charge in [0.2, 0.25) is 0 Å². The van der Waals surface area contributed by atoms with Gasteiger partial charge in [0.25, 0.3) is 5.91 Å². The normalized spacial score (nSPS) is 19.3. The van der Waals surface area contributed by atoms with Crippen molar-refractivity contribution < 1.29 is 9.21 Å². The van der Waals surface area contributed by atoms with Gasteiger partial charge in [-0.05, 0) is 63.6 Å². The number of fused-ring (bicyclic) bond motifs is 1. The molecule has 28 heavy (non-hydrogen) atoms. The molecule has 1 N–H and O–H groups in total. The molecule has 7 heteroatoms. The fraction of sp³-hybridized carbons (Fsp3) is 0.571. The first kappa shape index (κ1) is 19.3. The molecule has 1 aliphatic carbocycles. The Morgan fingerprint density at radius 3 is 2.89 bits per heavy atom. The number of carbonyl (C=O) groups is 1. The Kier molecular flexibility index (Phi) is 5.64. The molecule has 2 aromatic heterocycles. The van der Waals surface area contributed by atoms with Gasteiger partial charge in [-0.3, -0.25) is 4.79 Å². The molecular weight excluding hydrogens is 374 g/mol. The minimum Gasteiger partial charge on any atom is -0.427 e. The molecule has 0 aromatic carbocycles. The fourth-order valence-electron chi connectivity index (χ4n) is 4.12. The van der Waals surface area contributed by atoms with Crippen LogP contribution < -0.4 is 10.9 Å². The predicted octanol–water partition coefficient (Wildman–Crippen LogP) is 3.02. The van der Waals surface area contributed by atoms with E-state index in [2.05, 4.69) is 5.32 Å². The maximum Gasteiger partial charge on any atom is 0.349 e. The number of piperidine rings is 1. The van der Waals surface area contributed by atoms with Crippen LogP contribution in [0.25, 0.3) is 0 Å². The van der Waals surface area contributed by atoms with Gasteiger partial charge in [-0.2, -0.15) is 0 Å². The van der Waals surface area contributed by atoms with Crippen molar-refractivity contribution in [3.05, 3.63) is 49.0 Å². The van der Waals surface area contributed by atoms with Gasteiger partial charge in [0.1, 0.15) is 16.3 Å². The minimum atomic E-state index is -0.532. The summed E-state index contributed by atoms with van der Waals surface area (Å²) in [6.45, 7) is 4.05. The van der Waals surface area contributed by atoms with E-state index in [1.54, 1.807) is 23.3 Å². The Morgan fingerprint density at radius 1 is 1.36 bits per heavy atom. The van der Waals surface area contributed by atoms with E-state index in [1.807, 2.05) is 13.0 Å². The smallest absolute Gasteiger partial charge is 0.349 e. The molecule has 3 heterocycles. The van der Waals surface area contributed by atoms with E-state index in [0.717, 1.165) is 43.8 Å². The highest BCUT2D eigenvalue weighted by Gasteiger charge is 2.25. The summed E-state index contributed by atoms with van der Waals surface area (Å²) in [5, 5.41) is 4.27. The molecule has 0 bridgehead atoms. The summed E-state index contributed by atoms with van der Waals surface area (Å²) in [5.41, 5.74) is 1.48. The van der Waals surface area contributed by atoms with Crippen LogP contribution in [0, 0.1) is 6.92 Å². The highest BCUT2D eigenvalue weighted by atomic mass is 32.1. The summed E-state index contributed by atoms with van der Waals surface area (Å²) in [6, 6.07) is 1.86. The Labute approximate surface area is 169 Å². The van der Waals surface area contributed by atoms with Crippen molar-refractivity contribution in [2.24, 2.45) is 0 Å². The summed E-state index contributed by atoms with van der Waals surface area (Å²) >= 11 is 1.69. The van der Waals surface area contributed by atoms with Crippen molar-refractivity contribution in [3.63, 3.8) is 0 Å². The number of thiazole rings is 1. The molecule has 2 aliphatic rings. The molecule has 2 aromatic rings. The molecule has 0 saturated carbocycles. The maximum absolute atomic E-state index is 13.0. The lowest BCUT2D eigenvalue weighted by Crippen LogP contribution is -2.32. The highest BCUT2D eigenvalue weighted by Crippen LogP contribution is 2.28. The molecule has 0 spiro atoms.